The van der Waals surface area contributed by atoms with Crippen molar-refractivity contribution >= 4 is 34.5 Å². The minimum Gasteiger partial charge on any atom is -0.481 e. The number of rotatable bonds is 7. The number of amides is 1. The number of halogens is 3. The summed E-state index contributed by atoms with van der Waals surface area (Å²) < 4.78 is 47.5. The van der Waals surface area contributed by atoms with E-state index in [4.69, 9.17) is 4.74 Å². The molecule has 202 valence electrons. The molecule has 0 aliphatic carbocycles. The van der Waals surface area contributed by atoms with Crippen LogP contribution in [0.15, 0.2) is 41.4 Å². The monoisotopic (exact) mass is 548 g/mol. The van der Waals surface area contributed by atoms with Crippen molar-refractivity contribution in [3.8, 4) is 5.88 Å². The first-order valence-corrected chi connectivity index (χ1v) is 13.1. The van der Waals surface area contributed by atoms with Gasteiger partial charge in [-0.05, 0) is 37.1 Å². The third kappa shape index (κ3) is 5.85. The Bertz CT molecular complexity index is 1330. The summed E-state index contributed by atoms with van der Waals surface area (Å²) in [6, 6.07) is 6.47. The summed E-state index contributed by atoms with van der Waals surface area (Å²) in [4.78, 5) is 26.8. The van der Waals surface area contributed by atoms with Crippen molar-refractivity contribution in [3.05, 3.63) is 47.8 Å². The Hall–Kier alpha value is -3.00. The number of hydrogen-bond acceptors (Lipinski definition) is 9. The largest absolute Gasteiger partial charge is 0.481 e. The number of aliphatic hydroxyl groups excluding tert-OH is 1. The molecular weight excluding hydrogens is 521 g/mol. The lowest BCUT2D eigenvalue weighted by molar-refractivity contribution is -0.196. The van der Waals surface area contributed by atoms with Gasteiger partial charge in [-0.1, -0.05) is 0 Å². The van der Waals surface area contributed by atoms with E-state index in [0.29, 0.717) is 46.2 Å². The summed E-state index contributed by atoms with van der Waals surface area (Å²) >= 11 is 1.40. The number of aromatic nitrogens is 3. The summed E-state index contributed by atoms with van der Waals surface area (Å²) in [5.74, 6) is 1.02. The lowest BCUT2D eigenvalue weighted by Crippen LogP contribution is -2.55. The first kappa shape index (κ1) is 26.6. The highest BCUT2D eigenvalue weighted by atomic mass is 32.2. The van der Waals surface area contributed by atoms with Crippen LogP contribution in [0.3, 0.4) is 0 Å². The molecule has 0 radical (unpaired) electrons. The summed E-state index contributed by atoms with van der Waals surface area (Å²) in [5, 5.41) is 16.9. The van der Waals surface area contributed by atoms with Crippen molar-refractivity contribution in [2.45, 2.75) is 48.6 Å². The van der Waals surface area contributed by atoms with E-state index in [-0.39, 0.29) is 38.0 Å². The van der Waals surface area contributed by atoms with Crippen LogP contribution in [0.1, 0.15) is 30.2 Å². The van der Waals surface area contributed by atoms with Gasteiger partial charge in [0.25, 0.3) is 0 Å². The molecule has 38 heavy (non-hydrogen) atoms. The third-order valence-corrected chi connectivity index (χ3v) is 7.81. The van der Waals surface area contributed by atoms with Crippen LogP contribution in [0.2, 0.25) is 0 Å². The number of β-amino-alcohol motifs (C(OH)–C–C–N with tert-alkyl or cyclic N) is 1. The lowest BCUT2D eigenvalue weighted by atomic mass is 9.95. The number of carbonyl (C=O) groups excluding carboxylic acids is 1. The molecule has 3 N–H and O–H groups in total. The van der Waals surface area contributed by atoms with Gasteiger partial charge in [0.15, 0.2) is 0 Å². The van der Waals surface area contributed by atoms with Crippen LogP contribution in [0.4, 0.5) is 19.0 Å². The number of methoxy groups -OCH3 is 1. The van der Waals surface area contributed by atoms with Crippen LogP contribution in [0.25, 0.3) is 11.0 Å². The van der Waals surface area contributed by atoms with Crippen LogP contribution in [-0.2, 0) is 11.3 Å². The number of thioether (sulfide) groups is 1. The van der Waals surface area contributed by atoms with Gasteiger partial charge in [0.2, 0.25) is 11.8 Å². The van der Waals surface area contributed by atoms with E-state index in [1.807, 2.05) is 12.1 Å². The van der Waals surface area contributed by atoms with E-state index >= 15 is 0 Å². The number of likely N-dealkylation sites (tertiary alicyclic amines) is 1. The number of anilines is 1. The third-order valence-electron chi connectivity index (χ3n) is 6.76. The maximum absolute atomic E-state index is 14.1. The zero-order chi connectivity index (χ0) is 26.9. The van der Waals surface area contributed by atoms with E-state index in [2.05, 4.69) is 25.6 Å². The second-order valence-electron chi connectivity index (χ2n) is 9.28. The number of ether oxygens (including phenoxy) is 1. The topological polar surface area (TPSA) is 113 Å². The second kappa shape index (κ2) is 11.0. The van der Waals surface area contributed by atoms with Gasteiger partial charge < -0.3 is 20.5 Å². The Morgan fingerprint density at radius 3 is 2.89 bits per heavy atom. The minimum atomic E-state index is -4.46. The van der Waals surface area contributed by atoms with Crippen molar-refractivity contribution < 1.29 is 27.8 Å². The smallest absolute Gasteiger partial charge is 0.404 e. The first-order valence-electron chi connectivity index (χ1n) is 12.2. The number of aliphatic hydroxyl groups is 1. The van der Waals surface area contributed by atoms with Crippen molar-refractivity contribution in [3.63, 3.8) is 0 Å². The predicted molar refractivity (Wildman–Crippen MR) is 136 cm³/mol. The fourth-order valence-corrected chi connectivity index (χ4v) is 5.60. The average Bonchev–Trinajstić information content (AvgIpc) is 2.90. The summed E-state index contributed by atoms with van der Waals surface area (Å²) in [6.07, 6.45) is -3.84. The number of nitrogens with one attached hydrogen (secondary N) is 2. The maximum Gasteiger partial charge on any atom is 0.404 e. The van der Waals surface area contributed by atoms with E-state index in [1.54, 1.807) is 18.2 Å². The average molecular weight is 549 g/mol. The molecule has 3 aromatic heterocycles. The molecular formula is C25H27F3N6O3S. The molecule has 13 heteroatoms. The Balaban J connectivity index is 1.26. The van der Waals surface area contributed by atoms with Gasteiger partial charge in [-0.25, -0.2) is 9.97 Å². The van der Waals surface area contributed by atoms with Gasteiger partial charge in [0.1, 0.15) is 11.9 Å². The fourth-order valence-electron chi connectivity index (χ4n) is 4.84. The van der Waals surface area contributed by atoms with Crippen LogP contribution in [0, 0.1) is 0 Å². The van der Waals surface area contributed by atoms with Gasteiger partial charge >= 0.3 is 6.18 Å². The van der Waals surface area contributed by atoms with Gasteiger partial charge in [-0.3, -0.25) is 14.7 Å². The number of fused-ring (bicyclic) bond motifs is 2. The summed E-state index contributed by atoms with van der Waals surface area (Å²) in [5.41, 5.74) is 1.96. The molecule has 1 fully saturated rings. The number of pyridine rings is 3. The van der Waals surface area contributed by atoms with Gasteiger partial charge in [-0.2, -0.15) is 13.2 Å². The molecule has 0 bridgehead atoms. The highest BCUT2D eigenvalue weighted by molar-refractivity contribution is 8.00. The number of hydrogen-bond donors (Lipinski definition) is 3. The quantitative estimate of drug-likeness (QED) is 0.409. The molecule has 0 spiro atoms. The lowest BCUT2D eigenvalue weighted by Gasteiger charge is -2.41. The van der Waals surface area contributed by atoms with Crippen molar-refractivity contribution in [2.75, 3.05) is 31.3 Å². The molecule has 9 nitrogen and oxygen atoms in total. The fraction of sp³-hybridized carbons (Fsp3) is 0.440. The van der Waals surface area contributed by atoms with Gasteiger partial charge in [0.05, 0.1) is 40.6 Å². The van der Waals surface area contributed by atoms with Crippen molar-refractivity contribution in [1.29, 1.82) is 0 Å². The standard InChI is InChI=1S/C25H27F3N6O3S/c1-37-22-5-3-17-23(33-22)16(6-8-29-17)18(35)12-34-9-7-14(10-20(34)25(26,27)28)30-11-15-2-4-19-24(31-15)32-21(36)13-38-19/h2-6,8,14,18,20,30,35H,7,9-13H2,1H3,(H,31,32,36)/t14-,18-,20-/m0/s1. The molecule has 2 aliphatic rings. The molecule has 0 unspecified atom stereocenters. The second-order valence-corrected chi connectivity index (χ2v) is 10.3. The highest BCUT2D eigenvalue weighted by Crippen LogP contribution is 2.34. The highest BCUT2D eigenvalue weighted by Gasteiger charge is 2.47. The van der Waals surface area contributed by atoms with Crippen molar-refractivity contribution in [1.82, 2.24) is 25.2 Å². The van der Waals surface area contributed by atoms with E-state index in [0.717, 1.165) is 4.90 Å². The predicted octanol–water partition coefficient (Wildman–Crippen LogP) is 3.30. The molecule has 1 amide bonds. The number of alkyl halides is 3. The Morgan fingerprint density at radius 1 is 1.26 bits per heavy atom. The van der Waals surface area contributed by atoms with E-state index < -0.39 is 18.3 Å². The molecule has 1 saturated heterocycles. The SMILES string of the molecule is COc1ccc2nccc([C@@H](O)CN3CC[C@H](NCc4ccc5c(n4)NC(=O)CS5)C[C@H]3C(F)(F)F)c2n1. The number of carbonyl (C=O) groups is 1. The summed E-state index contributed by atoms with van der Waals surface area (Å²) in [7, 11) is 1.46. The number of piperidine rings is 1. The molecule has 5 heterocycles. The molecule has 0 aromatic carbocycles. The Morgan fingerprint density at radius 2 is 2.11 bits per heavy atom. The van der Waals surface area contributed by atoms with Crippen LogP contribution < -0.4 is 15.4 Å². The van der Waals surface area contributed by atoms with Gasteiger partial charge in [0, 0.05) is 43.5 Å². The Kier molecular flexibility index (Phi) is 7.70. The van der Waals surface area contributed by atoms with Crippen molar-refractivity contribution in [2.24, 2.45) is 0 Å². The van der Waals surface area contributed by atoms with Crippen LogP contribution in [-0.4, -0.2) is 75.1 Å². The summed E-state index contributed by atoms with van der Waals surface area (Å²) in [6.45, 7) is 0.240. The minimum absolute atomic E-state index is 0.127. The maximum atomic E-state index is 14.1. The zero-order valence-electron chi connectivity index (χ0n) is 20.5. The molecule has 5 rings (SSSR count). The molecule has 2 aliphatic heterocycles. The van der Waals surface area contributed by atoms with E-state index in [9.17, 15) is 23.1 Å². The first-order chi connectivity index (χ1) is 18.2. The Labute approximate surface area is 221 Å². The zero-order valence-corrected chi connectivity index (χ0v) is 21.3. The molecule has 3 aromatic rings. The van der Waals surface area contributed by atoms with Crippen LogP contribution >= 0.6 is 11.8 Å². The number of nitrogens with zero attached hydrogens (tertiary/aromatic N) is 4. The molecule has 3 atom stereocenters. The van der Waals surface area contributed by atoms with Crippen LogP contribution in [0.5, 0.6) is 5.88 Å². The van der Waals surface area contributed by atoms with E-state index in [1.165, 1.54) is 30.0 Å². The normalized spacial score (nSPS) is 21.1. The van der Waals surface area contributed by atoms with Gasteiger partial charge in [-0.15, -0.1) is 11.8 Å². The molecule has 0 saturated carbocycles.